The molecular weight excluding hydrogens is 215 g/mol. The zero-order valence-electron chi connectivity index (χ0n) is 8.24. The first kappa shape index (κ1) is 10.2. The maximum Gasteiger partial charge on any atom is 0.203 e. The van der Waals surface area contributed by atoms with Crippen molar-refractivity contribution in [2.75, 3.05) is 0 Å². The molecule has 0 aliphatic carbocycles. The van der Waals surface area contributed by atoms with E-state index in [1.165, 1.54) is 12.1 Å². The van der Waals surface area contributed by atoms with Crippen LogP contribution >= 0.6 is 11.6 Å². The minimum Gasteiger partial charge on any atom is -0.315 e. The predicted octanol–water partition coefficient (Wildman–Crippen LogP) is 3.36. The van der Waals surface area contributed by atoms with Gasteiger partial charge in [0.05, 0.1) is 11.9 Å². The fraction of sp³-hybridized carbons (Fsp3) is 0.182. The first-order chi connectivity index (χ1) is 7.22. The summed E-state index contributed by atoms with van der Waals surface area (Å²) in [6.07, 6.45) is 1.69. The van der Waals surface area contributed by atoms with Crippen molar-refractivity contribution in [3.63, 3.8) is 0 Å². The van der Waals surface area contributed by atoms with Crippen LogP contribution in [0.25, 0.3) is 11.3 Å². The van der Waals surface area contributed by atoms with E-state index in [1.54, 1.807) is 18.3 Å². The van der Waals surface area contributed by atoms with Crippen LogP contribution in [0.15, 0.2) is 30.5 Å². The number of aromatic nitrogens is 2. The lowest BCUT2D eigenvalue weighted by Crippen LogP contribution is -1.96. The van der Waals surface area contributed by atoms with Crippen molar-refractivity contribution in [2.45, 2.75) is 13.5 Å². The van der Waals surface area contributed by atoms with Gasteiger partial charge in [0.15, 0.2) is 0 Å². The smallest absolute Gasteiger partial charge is 0.203 e. The van der Waals surface area contributed by atoms with E-state index in [0.29, 0.717) is 5.28 Å². The van der Waals surface area contributed by atoms with Crippen molar-refractivity contribution in [1.29, 1.82) is 0 Å². The summed E-state index contributed by atoms with van der Waals surface area (Å²) in [6.45, 7) is 2.73. The van der Waals surface area contributed by atoms with Crippen LogP contribution in [0, 0.1) is 5.82 Å². The molecule has 0 unspecified atom stereocenters. The minimum absolute atomic E-state index is 0.243. The van der Waals surface area contributed by atoms with Gasteiger partial charge < -0.3 is 4.57 Å². The third kappa shape index (κ3) is 1.88. The molecule has 1 heterocycles. The standard InChI is InChI=1S/C11H10ClFN2/c1-2-15-10(7-14-11(15)12)8-3-5-9(13)6-4-8/h3-7H,2H2,1H3. The molecule has 4 heteroatoms. The van der Waals surface area contributed by atoms with E-state index in [9.17, 15) is 4.39 Å². The predicted molar refractivity (Wildman–Crippen MR) is 58.3 cm³/mol. The van der Waals surface area contributed by atoms with E-state index in [4.69, 9.17) is 11.6 Å². The molecule has 1 aromatic carbocycles. The summed E-state index contributed by atoms with van der Waals surface area (Å²) >= 11 is 5.90. The molecule has 2 aromatic rings. The number of nitrogens with zero attached hydrogens (tertiary/aromatic N) is 2. The third-order valence-electron chi connectivity index (χ3n) is 2.26. The fourth-order valence-corrected chi connectivity index (χ4v) is 1.76. The Bertz CT molecular complexity index is 462. The van der Waals surface area contributed by atoms with Gasteiger partial charge in [-0.2, -0.15) is 0 Å². The number of halogens is 2. The summed E-state index contributed by atoms with van der Waals surface area (Å²) in [5, 5.41) is 0.455. The molecule has 0 amide bonds. The zero-order chi connectivity index (χ0) is 10.8. The number of hydrogen-bond donors (Lipinski definition) is 0. The molecule has 2 nitrogen and oxygen atoms in total. The summed E-state index contributed by atoms with van der Waals surface area (Å²) in [4.78, 5) is 4.02. The van der Waals surface area contributed by atoms with E-state index in [0.717, 1.165) is 17.8 Å². The Kier molecular flexibility index (Phi) is 2.73. The van der Waals surface area contributed by atoms with E-state index in [2.05, 4.69) is 4.98 Å². The van der Waals surface area contributed by atoms with Crippen molar-refractivity contribution in [3.05, 3.63) is 41.6 Å². The van der Waals surface area contributed by atoms with Crippen LogP contribution in [0.3, 0.4) is 0 Å². The summed E-state index contributed by atoms with van der Waals surface area (Å²) in [7, 11) is 0. The van der Waals surface area contributed by atoms with Gasteiger partial charge in [0, 0.05) is 6.54 Å². The molecule has 0 aliphatic heterocycles. The van der Waals surface area contributed by atoms with Gasteiger partial charge in [-0.1, -0.05) is 0 Å². The highest BCUT2D eigenvalue weighted by Gasteiger charge is 2.08. The fourth-order valence-electron chi connectivity index (χ4n) is 1.51. The Labute approximate surface area is 92.3 Å². The molecule has 0 radical (unpaired) electrons. The summed E-state index contributed by atoms with van der Waals surface area (Å²) in [5.74, 6) is -0.243. The average molecular weight is 225 g/mol. The lowest BCUT2D eigenvalue weighted by atomic mass is 10.1. The van der Waals surface area contributed by atoms with Gasteiger partial charge in [0.25, 0.3) is 0 Å². The van der Waals surface area contributed by atoms with Gasteiger partial charge in [-0.25, -0.2) is 9.37 Å². The normalized spacial score (nSPS) is 10.6. The average Bonchev–Trinajstić information content (AvgIpc) is 2.61. The lowest BCUT2D eigenvalue weighted by molar-refractivity contribution is 0.628. The van der Waals surface area contributed by atoms with Crippen LogP contribution in [0.4, 0.5) is 4.39 Å². The molecule has 0 saturated carbocycles. The van der Waals surface area contributed by atoms with Gasteiger partial charge in [0.1, 0.15) is 5.82 Å². The van der Waals surface area contributed by atoms with Crippen LogP contribution in [-0.2, 0) is 6.54 Å². The zero-order valence-corrected chi connectivity index (χ0v) is 9.00. The van der Waals surface area contributed by atoms with E-state index in [-0.39, 0.29) is 5.82 Å². The van der Waals surface area contributed by atoms with Gasteiger partial charge >= 0.3 is 0 Å². The first-order valence-corrected chi connectivity index (χ1v) is 5.07. The van der Waals surface area contributed by atoms with Crippen molar-refractivity contribution in [3.8, 4) is 11.3 Å². The first-order valence-electron chi connectivity index (χ1n) is 4.69. The van der Waals surface area contributed by atoms with Crippen molar-refractivity contribution >= 4 is 11.6 Å². The van der Waals surface area contributed by atoms with E-state index < -0.39 is 0 Å². The molecule has 0 N–H and O–H groups in total. The molecule has 0 fully saturated rings. The Morgan fingerprint density at radius 1 is 1.33 bits per heavy atom. The maximum atomic E-state index is 12.7. The topological polar surface area (TPSA) is 17.8 Å². The highest BCUT2D eigenvalue weighted by atomic mass is 35.5. The summed E-state index contributed by atoms with van der Waals surface area (Å²) < 4.78 is 14.6. The monoisotopic (exact) mass is 224 g/mol. The van der Waals surface area contributed by atoms with Crippen LogP contribution in [0.5, 0.6) is 0 Å². The van der Waals surface area contributed by atoms with Crippen molar-refractivity contribution in [1.82, 2.24) is 9.55 Å². The molecule has 0 spiro atoms. The molecule has 0 atom stereocenters. The number of imidazole rings is 1. The quantitative estimate of drug-likeness (QED) is 0.765. The van der Waals surface area contributed by atoms with E-state index in [1.807, 2.05) is 11.5 Å². The molecule has 2 rings (SSSR count). The second-order valence-corrected chi connectivity index (χ2v) is 3.50. The largest absolute Gasteiger partial charge is 0.315 e. The SMILES string of the molecule is CCn1c(-c2ccc(F)cc2)cnc1Cl. The van der Waals surface area contributed by atoms with E-state index >= 15 is 0 Å². The second kappa shape index (κ2) is 4.03. The highest BCUT2D eigenvalue weighted by molar-refractivity contribution is 6.28. The molecule has 0 bridgehead atoms. The molecular formula is C11H10ClFN2. The van der Waals surface area contributed by atoms with Crippen LogP contribution in [0.1, 0.15) is 6.92 Å². The molecule has 15 heavy (non-hydrogen) atoms. The summed E-state index contributed by atoms with van der Waals surface area (Å²) in [5.41, 5.74) is 1.82. The number of hydrogen-bond acceptors (Lipinski definition) is 1. The van der Waals surface area contributed by atoms with Gasteiger partial charge in [-0.05, 0) is 48.4 Å². The van der Waals surface area contributed by atoms with Gasteiger partial charge in [-0.15, -0.1) is 0 Å². The Hall–Kier alpha value is -1.35. The molecule has 0 saturated heterocycles. The van der Waals surface area contributed by atoms with Crippen LogP contribution < -0.4 is 0 Å². The third-order valence-corrected chi connectivity index (χ3v) is 2.56. The van der Waals surface area contributed by atoms with Crippen LogP contribution in [-0.4, -0.2) is 9.55 Å². The Morgan fingerprint density at radius 2 is 2.00 bits per heavy atom. The molecule has 78 valence electrons. The number of benzene rings is 1. The Balaban J connectivity index is 2.49. The van der Waals surface area contributed by atoms with Crippen molar-refractivity contribution < 1.29 is 4.39 Å². The molecule has 0 aliphatic rings. The summed E-state index contributed by atoms with van der Waals surface area (Å²) in [6, 6.07) is 6.29. The highest BCUT2D eigenvalue weighted by Crippen LogP contribution is 2.23. The van der Waals surface area contributed by atoms with Crippen molar-refractivity contribution in [2.24, 2.45) is 0 Å². The maximum absolute atomic E-state index is 12.7. The number of rotatable bonds is 2. The Morgan fingerprint density at radius 3 is 2.60 bits per heavy atom. The second-order valence-electron chi connectivity index (χ2n) is 3.16. The van der Waals surface area contributed by atoms with Gasteiger partial charge in [0.2, 0.25) is 5.28 Å². The molecule has 1 aromatic heterocycles. The van der Waals surface area contributed by atoms with Gasteiger partial charge in [-0.3, -0.25) is 0 Å². The van der Waals surface area contributed by atoms with Crippen LogP contribution in [0.2, 0.25) is 5.28 Å². The lowest BCUT2D eigenvalue weighted by Gasteiger charge is -2.05. The minimum atomic E-state index is -0.243.